The van der Waals surface area contributed by atoms with E-state index in [1.807, 2.05) is 45.9 Å². The summed E-state index contributed by atoms with van der Waals surface area (Å²) in [5.74, 6) is -1.93. The van der Waals surface area contributed by atoms with Gasteiger partial charge in [-0.15, -0.1) is 0 Å². The maximum absolute atomic E-state index is 14.0. The average Bonchev–Trinajstić information content (AvgIpc) is 2.81. The first-order valence-electron chi connectivity index (χ1n) is 12.9. The van der Waals surface area contributed by atoms with Crippen LogP contribution in [0.3, 0.4) is 0 Å². The van der Waals surface area contributed by atoms with Crippen LogP contribution in [0, 0.1) is 20.8 Å². The molecule has 4 amide bonds. The van der Waals surface area contributed by atoms with Gasteiger partial charge in [0, 0.05) is 6.54 Å². The minimum absolute atomic E-state index is 0.163. The zero-order chi connectivity index (χ0) is 29.5. The molecule has 0 bridgehead atoms. The Morgan fingerprint density at radius 3 is 2.23 bits per heavy atom. The number of carbonyl (C=O) groups is 4. The molecule has 39 heavy (non-hydrogen) atoms. The van der Waals surface area contributed by atoms with E-state index in [2.05, 4.69) is 10.6 Å². The molecule has 0 saturated heterocycles. The number of nitrogens with one attached hydrogen (secondary N) is 2. The lowest BCUT2D eigenvalue weighted by Crippen LogP contribution is -2.53. The fourth-order valence-corrected chi connectivity index (χ4v) is 4.32. The van der Waals surface area contributed by atoms with Gasteiger partial charge in [0.15, 0.2) is 0 Å². The lowest BCUT2D eigenvalue weighted by Gasteiger charge is -2.34. The number of amides is 4. The lowest BCUT2D eigenvalue weighted by atomic mass is 9.97. The highest BCUT2D eigenvalue weighted by Gasteiger charge is 2.37. The normalized spacial score (nSPS) is 12.7. The summed E-state index contributed by atoms with van der Waals surface area (Å²) in [6.45, 7) is 12.7. The number of rotatable bonds is 10. The molecule has 9 nitrogen and oxygen atoms in total. The minimum atomic E-state index is -1.34. The van der Waals surface area contributed by atoms with E-state index in [-0.39, 0.29) is 6.54 Å². The predicted molar refractivity (Wildman–Crippen MR) is 152 cm³/mol. The van der Waals surface area contributed by atoms with Gasteiger partial charge in [0.2, 0.25) is 11.8 Å². The summed E-state index contributed by atoms with van der Waals surface area (Å²) < 4.78 is 5.30. The molecule has 2 aromatic rings. The van der Waals surface area contributed by atoms with Crippen LogP contribution in [0.2, 0.25) is 5.02 Å². The van der Waals surface area contributed by atoms with Gasteiger partial charge in [-0.1, -0.05) is 48.9 Å². The van der Waals surface area contributed by atoms with Crippen LogP contribution in [0.4, 0.5) is 10.5 Å². The number of primary amides is 1. The molecule has 0 spiro atoms. The van der Waals surface area contributed by atoms with Gasteiger partial charge in [-0.3, -0.25) is 14.4 Å². The highest BCUT2D eigenvalue weighted by Crippen LogP contribution is 2.30. The summed E-state index contributed by atoms with van der Waals surface area (Å²) in [6, 6.07) is 8.33. The predicted octanol–water partition coefficient (Wildman–Crippen LogP) is 4.95. The van der Waals surface area contributed by atoms with Crippen LogP contribution in [0.1, 0.15) is 68.8 Å². The summed E-state index contributed by atoms with van der Waals surface area (Å²) >= 11 is 6.38. The smallest absolute Gasteiger partial charge is 0.408 e. The van der Waals surface area contributed by atoms with Gasteiger partial charge in [-0.25, -0.2) is 4.79 Å². The summed E-state index contributed by atoms with van der Waals surface area (Å²) in [5.41, 5.74) is 8.30. The highest BCUT2D eigenvalue weighted by molar-refractivity contribution is 6.34. The van der Waals surface area contributed by atoms with E-state index in [1.54, 1.807) is 39.0 Å². The second-order valence-electron chi connectivity index (χ2n) is 10.6. The molecule has 10 heteroatoms. The number of nitrogens with zero attached hydrogens (tertiary/aromatic N) is 1. The number of alkyl carbamates (subject to hydrolysis) is 1. The van der Waals surface area contributed by atoms with Gasteiger partial charge in [0.25, 0.3) is 5.91 Å². The van der Waals surface area contributed by atoms with Gasteiger partial charge in [0.1, 0.15) is 17.7 Å². The quantitative estimate of drug-likeness (QED) is 0.379. The van der Waals surface area contributed by atoms with Crippen molar-refractivity contribution in [3.63, 3.8) is 0 Å². The van der Waals surface area contributed by atoms with Crippen LogP contribution < -0.4 is 16.4 Å². The van der Waals surface area contributed by atoms with E-state index in [1.165, 1.54) is 4.90 Å². The molecule has 2 unspecified atom stereocenters. The Morgan fingerprint density at radius 2 is 1.69 bits per heavy atom. The zero-order valence-corrected chi connectivity index (χ0v) is 24.4. The molecule has 2 rings (SSSR count). The van der Waals surface area contributed by atoms with Crippen LogP contribution in [0.5, 0.6) is 0 Å². The van der Waals surface area contributed by atoms with Crippen molar-refractivity contribution in [3.8, 4) is 0 Å². The molecule has 0 aromatic heterocycles. The number of hydrogen-bond acceptors (Lipinski definition) is 5. The molecule has 4 N–H and O–H groups in total. The Balaban J connectivity index is 2.58. The number of anilines is 1. The Bertz CT molecular complexity index is 1200. The number of aryl methyl sites for hydroxylation is 3. The second kappa shape index (κ2) is 13.5. The molecule has 0 aliphatic heterocycles. The van der Waals surface area contributed by atoms with Crippen molar-refractivity contribution in [2.45, 2.75) is 79.0 Å². The van der Waals surface area contributed by atoms with Crippen molar-refractivity contribution in [1.82, 2.24) is 10.2 Å². The molecule has 0 heterocycles. The molecule has 0 radical (unpaired) electrons. The summed E-state index contributed by atoms with van der Waals surface area (Å²) in [6.07, 6.45) is -0.845. The van der Waals surface area contributed by atoms with E-state index in [0.717, 1.165) is 16.7 Å². The third-order valence-electron chi connectivity index (χ3n) is 6.02. The van der Waals surface area contributed by atoms with E-state index < -0.39 is 47.9 Å². The van der Waals surface area contributed by atoms with Crippen LogP contribution >= 0.6 is 11.6 Å². The molecule has 2 aromatic carbocycles. The largest absolute Gasteiger partial charge is 0.444 e. The van der Waals surface area contributed by atoms with Crippen molar-refractivity contribution >= 4 is 41.1 Å². The average molecular weight is 559 g/mol. The van der Waals surface area contributed by atoms with Gasteiger partial charge < -0.3 is 26.0 Å². The first-order chi connectivity index (χ1) is 18.1. The molecule has 2 atom stereocenters. The van der Waals surface area contributed by atoms with Gasteiger partial charge >= 0.3 is 6.09 Å². The first-order valence-corrected chi connectivity index (χ1v) is 13.2. The Morgan fingerprint density at radius 1 is 1.03 bits per heavy atom. The van der Waals surface area contributed by atoms with E-state index in [0.29, 0.717) is 22.7 Å². The van der Waals surface area contributed by atoms with E-state index in [4.69, 9.17) is 22.1 Å². The monoisotopic (exact) mass is 558 g/mol. The van der Waals surface area contributed by atoms with Crippen molar-refractivity contribution < 1.29 is 23.9 Å². The van der Waals surface area contributed by atoms with Crippen LogP contribution in [0.15, 0.2) is 36.4 Å². The number of ether oxygens (including phenoxy) is 1. The summed E-state index contributed by atoms with van der Waals surface area (Å²) in [4.78, 5) is 53.7. The maximum atomic E-state index is 14.0. The van der Waals surface area contributed by atoms with Crippen molar-refractivity contribution in [1.29, 1.82) is 0 Å². The zero-order valence-electron chi connectivity index (χ0n) is 23.7. The van der Waals surface area contributed by atoms with Gasteiger partial charge in [-0.2, -0.15) is 0 Å². The standard InChI is InChI=1S/C29H39ClN4O5/c1-8-14-34(27(37)22(16-23(31)35)32-28(38)39-29(5,6)7)25(20-13-12-17(2)19(4)15-20)26(36)33-24-18(3)10-9-11-21(24)30/h9-13,15,22,25H,8,14,16H2,1-7H3,(H2,31,35)(H,32,38)(H,33,36). The van der Waals surface area contributed by atoms with Crippen LogP contribution in [-0.4, -0.2) is 46.9 Å². The summed E-state index contributed by atoms with van der Waals surface area (Å²) in [7, 11) is 0. The number of hydrogen-bond donors (Lipinski definition) is 3. The highest BCUT2D eigenvalue weighted by atomic mass is 35.5. The minimum Gasteiger partial charge on any atom is -0.444 e. The van der Waals surface area contributed by atoms with Crippen LogP contribution in [-0.2, 0) is 19.1 Å². The number of benzene rings is 2. The molecular formula is C29H39ClN4O5. The molecule has 0 saturated carbocycles. The first kappa shape index (κ1) is 31.6. The fourth-order valence-electron chi connectivity index (χ4n) is 4.05. The lowest BCUT2D eigenvalue weighted by molar-refractivity contribution is -0.141. The molecule has 0 aliphatic rings. The number of carbonyl (C=O) groups excluding carboxylic acids is 4. The Kier molecular flexibility index (Phi) is 10.9. The van der Waals surface area contributed by atoms with Crippen molar-refractivity contribution in [3.05, 3.63) is 63.7 Å². The van der Waals surface area contributed by atoms with Crippen LogP contribution in [0.25, 0.3) is 0 Å². The van der Waals surface area contributed by atoms with Gasteiger partial charge in [-0.05, 0) is 76.3 Å². The van der Waals surface area contributed by atoms with Gasteiger partial charge in [0.05, 0.1) is 17.1 Å². The second-order valence-corrected chi connectivity index (χ2v) is 11.0. The number of nitrogens with two attached hydrogens (primary N) is 1. The maximum Gasteiger partial charge on any atom is 0.408 e. The molecule has 0 fully saturated rings. The molecular weight excluding hydrogens is 520 g/mol. The van der Waals surface area contributed by atoms with E-state index in [9.17, 15) is 19.2 Å². The SMILES string of the molecule is CCCN(C(=O)C(CC(N)=O)NC(=O)OC(C)(C)C)C(C(=O)Nc1c(C)cccc1Cl)c1ccc(C)c(C)c1. The summed E-state index contributed by atoms with van der Waals surface area (Å²) in [5, 5.41) is 5.71. The molecule has 0 aliphatic carbocycles. The third-order valence-corrected chi connectivity index (χ3v) is 6.33. The fraction of sp³-hybridized carbons (Fsp3) is 0.448. The Hall–Kier alpha value is -3.59. The molecule has 212 valence electrons. The number of para-hydroxylation sites is 1. The van der Waals surface area contributed by atoms with Crippen molar-refractivity contribution in [2.75, 3.05) is 11.9 Å². The van der Waals surface area contributed by atoms with E-state index >= 15 is 0 Å². The topological polar surface area (TPSA) is 131 Å². The van der Waals surface area contributed by atoms with Crippen molar-refractivity contribution in [2.24, 2.45) is 5.73 Å². The Labute approximate surface area is 235 Å². The number of halogens is 1. The third kappa shape index (κ3) is 8.99.